The first-order valence-electron chi connectivity index (χ1n) is 6.06. The van der Waals surface area contributed by atoms with Gasteiger partial charge in [-0.3, -0.25) is 4.68 Å². The van der Waals surface area contributed by atoms with Crippen LogP contribution in [0.2, 0.25) is 0 Å². The van der Waals surface area contributed by atoms with E-state index in [0.29, 0.717) is 18.1 Å². The second kappa shape index (κ2) is 5.75. The van der Waals surface area contributed by atoms with Crippen LogP contribution >= 0.6 is 0 Å². The van der Waals surface area contributed by atoms with Gasteiger partial charge in [-0.05, 0) is 19.1 Å². The second-order valence-corrected chi connectivity index (χ2v) is 4.39. The molecule has 0 unspecified atom stereocenters. The number of hydrogen-bond acceptors (Lipinski definition) is 4. The summed E-state index contributed by atoms with van der Waals surface area (Å²) in [6.45, 7) is 2.11. The molecule has 0 fully saturated rings. The maximum absolute atomic E-state index is 9.73. The highest BCUT2D eigenvalue weighted by molar-refractivity contribution is 5.41. The minimum Gasteiger partial charge on any atom is -0.497 e. The summed E-state index contributed by atoms with van der Waals surface area (Å²) in [5.74, 6) is 1.32. The Bertz CT molecular complexity index is 549. The molecule has 5 nitrogen and oxygen atoms in total. The molecular weight excluding hydrogens is 244 g/mol. The molecule has 1 atom stereocenters. The quantitative estimate of drug-likeness (QED) is 0.896. The number of ether oxygens (including phenoxy) is 2. The van der Waals surface area contributed by atoms with Gasteiger partial charge >= 0.3 is 0 Å². The topological polar surface area (TPSA) is 56.5 Å². The highest BCUT2D eigenvalue weighted by atomic mass is 16.5. The van der Waals surface area contributed by atoms with Gasteiger partial charge in [-0.2, -0.15) is 5.10 Å². The van der Waals surface area contributed by atoms with Gasteiger partial charge in [0.05, 0.1) is 19.4 Å². The second-order valence-electron chi connectivity index (χ2n) is 4.39. The van der Waals surface area contributed by atoms with Gasteiger partial charge in [0.25, 0.3) is 0 Å². The third-order valence-corrected chi connectivity index (χ3v) is 2.82. The SMILES string of the molecule is COc1ccc([C@@H](C)O)c(OCc2cnn(C)c2)c1. The van der Waals surface area contributed by atoms with Crippen molar-refractivity contribution in [2.75, 3.05) is 7.11 Å². The van der Waals surface area contributed by atoms with Gasteiger partial charge in [0.15, 0.2) is 0 Å². The monoisotopic (exact) mass is 262 g/mol. The van der Waals surface area contributed by atoms with Crippen LogP contribution in [-0.2, 0) is 13.7 Å². The molecule has 0 aliphatic heterocycles. The minimum absolute atomic E-state index is 0.403. The summed E-state index contributed by atoms with van der Waals surface area (Å²) in [5.41, 5.74) is 1.71. The molecule has 1 N–H and O–H groups in total. The van der Waals surface area contributed by atoms with Crippen molar-refractivity contribution in [1.82, 2.24) is 9.78 Å². The highest BCUT2D eigenvalue weighted by Crippen LogP contribution is 2.30. The summed E-state index contributed by atoms with van der Waals surface area (Å²) in [4.78, 5) is 0. The summed E-state index contributed by atoms with van der Waals surface area (Å²) in [7, 11) is 3.46. The third kappa shape index (κ3) is 3.26. The van der Waals surface area contributed by atoms with Crippen molar-refractivity contribution in [2.45, 2.75) is 19.6 Å². The third-order valence-electron chi connectivity index (χ3n) is 2.82. The predicted octanol–water partition coefficient (Wildman–Crippen LogP) is 2.06. The zero-order valence-corrected chi connectivity index (χ0v) is 11.3. The summed E-state index contributed by atoms with van der Waals surface area (Å²) >= 11 is 0. The molecule has 1 heterocycles. The Balaban J connectivity index is 2.17. The van der Waals surface area contributed by atoms with Gasteiger partial charge in [-0.1, -0.05) is 0 Å². The van der Waals surface area contributed by atoms with E-state index in [0.717, 1.165) is 11.1 Å². The molecule has 0 amide bonds. The lowest BCUT2D eigenvalue weighted by Gasteiger charge is -2.14. The number of benzene rings is 1. The maximum atomic E-state index is 9.73. The molecule has 2 rings (SSSR count). The molecule has 19 heavy (non-hydrogen) atoms. The summed E-state index contributed by atoms with van der Waals surface area (Å²) in [6, 6.07) is 5.39. The van der Waals surface area contributed by atoms with Crippen LogP contribution in [0.5, 0.6) is 11.5 Å². The molecule has 0 spiro atoms. The van der Waals surface area contributed by atoms with Gasteiger partial charge in [0, 0.05) is 30.4 Å². The molecule has 102 valence electrons. The Hall–Kier alpha value is -2.01. The van der Waals surface area contributed by atoms with E-state index in [9.17, 15) is 5.11 Å². The molecule has 1 aromatic heterocycles. The molecule has 0 radical (unpaired) electrons. The molecule has 0 aliphatic carbocycles. The molecule has 0 saturated carbocycles. The minimum atomic E-state index is -0.588. The van der Waals surface area contributed by atoms with E-state index >= 15 is 0 Å². The smallest absolute Gasteiger partial charge is 0.129 e. The number of rotatable bonds is 5. The first-order valence-corrected chi connectivity index (χ1v) is 6.06. The zero-order chi connectivity index (χ0) is 13.8. The molecule has 0 aliphatic rings. The molecule has 2 aromatic rings. The summed E-state index contributed by atoms with van der Waals surface area (Å²) < 4.78 is 12.6. The van der Waals surface area contributed by atoms with Crippen LogP contribution in [-0.4, -0.2) is 22.0 Å². The average molecular weight is 262 g/mol. The van der Waals surface area contributed by atoms with Crippen molar-refractivity contribution in [1.29, 1.82) is 0 Å². The number of nitrogens with zero attached hydrogens (tertiary/aromatic N) is 2. The molecule has 5 heteroatoms. The van der Waals surface area contributed by atoms with Crippen molar-refractivity contribution in [3.8, 4) is 11.5 Å². The maximum Gasteiger partial charge on any atom is 0.129 e. The fraction of sp³-hybridized carbons (Fsp3) is 0.357. The Kier molecular flexibility index (Phi) is 4.06. The Morgan fingerprint density at radius 1 is 1.42 bits per heavy atom. The van der Waals surface area contributed by atoms with E-state index in [-0.39, 0.29) is 0 Å². The van der Waals surface area contributed by atoms with Gasteiger partial charge < -0.3 is 14.6 Å². The molecule has 0 bridgehead atoms. The lowest BCUT2D eigenvalue weighted by Crippen LogP contribution is -2.01. The van der Waals surface area contributed by atoms with Crippen LogP contribution in [0.3, 0.4) is 0 Å². The first kappa shape index (κ1) is 13.4. The number of methoxy groups -OCH3 is 1. The fourth-order valence-electron chi connectivity index (χ4n) is 1.82. The Labute approximate surface area is 112 Å². The van der Waals surface area contributed by atoms with E-state index < -0.39 is 6.10 Å². The predicted molar refractivity (Wildman–Crippen MR) is 71.2 cm³/mol. The van der Waals surface area contributed by atoms with Crippen LogP contribution in [0.4, 0.5) is 0 Å². The number of aliphatic hydroxyl groups is 1. The van der Waals surface area contributed by atoms with Gasteiger partial charge in [-0.25, -0.2) is 0 Å². The van der Waals surface area contributed by atoms with Crippen molar-refractivity contribution >= 4 is 0 Å². The summed E-state index contributed by atoms with van der Waals surface area (Å²) in [5, 5.41) is 13.8. The van der Waals surface area contributed by atoms with E-state index in [4.69, 9.17) is 9.47 Å². The van der Waals surface area contributed by atoms with E-state index in [1.807, 2.05) is 19.3 Å². The van der Waals surface area contributed by atoms with E-state index in [1.54, 1.807) is 37.0 Å². The van der Waals surface area contributed by atoms with Gasteiger partial charge in [0.1, 0.15) is 18.1 Å². The Morgan fingerprint density at radius 2 is 2.21 bits per heavy atom. The Morgan fingerprint density at radius 3 is 2.79 bits per heavy atom. The van der Waals surface area contributed by atoms with Crippen molar-refractivity contribution in [2.24, 2.45) is 7.05 Å². The number of hydrogen-bond donors (Lipinski definition) is 1. The van der Waals surface area contributed by atoms with E-state index in [2.05, 4.69) is 5.10 Å². The highest BCUT2D eigenvalue weighted by Gasteiger charge is 2.11. The van der Waals surface area contributed by atoms with Crippen LogP contribution in [0, 0.1) is 0 Å². The standard InChI is InChI=1S/C14H18N2O3/c1-10(17)13-5-4-12(18-3)6-14(13)19-9-11-7-15-16(2)8-11/h4-8,10,17H,9H2,1-3H3/t10-/m1/s1. The average Bonchev–Trinajstić information content (AvgIpc) is 2.81. The lowest BCUT2D eigenvalue weighted by atomic mass is 10.1. The largest absolute Gasteiger partial charge is 0.497 e. The van der Waals surface area contributed by atoms with Crippen molar-refractivity contribution in [3.63, 3.8) is 0 Å². The molecular formula is C14H18N2O3. The van der Waals surface area contributed by atoms with Crippen molar-refractivity contribution < 1.29 is 14.6 Å². The number of aliphatic hydroxyl groups excluding tert-OH is 1. The van der Waals surface area contributed by atoms with Gasteiger partial charge in [0.2, 0.25) is 0 Å². The van der Waals surface area contributed by atoms with Gasteiger partial charge in [-0.15, -0.1) is 0 Å². The zero-order valence-electron chi connectivity index (χ0n) is 11.3. The fourth-order valence-corrected chi connectivity index (χ4v) is 1.82. The van der Waals surface area contributed by atoms with Crippen LogP contribution in [0.15, 0.2) is 30.6 Å². The van der Waals surface area contributed by atoms with Crippen LogP contribution in [0.1, 0.15) is 24.2 Å². The van der Waals surface area contributed by atoms with E-state index in [1.165, 1.54) is 0 Å². The van der Waals surface area contributed by atoms with Crippen LogP contribution < -0.4 is 9.47 Å². The molecule has 0 saturated heterocycles. The number of aryl methyl sites for hydroxylation is 1. The molecule has 1 aromatic carbocycles. The summed E-state index contributed by atoms with van der Waals surface area (Å²) in [6.07, 6.45) is 3.06. The first-order chi connectivity index (χ1) is 9.10. The van der Waals surface area contributed by atoms with Crippen molar-refractivity contribution in [3.05, 3.63) is 41.7 Å². The normalized spacial score (nSPS) is 12.2. The number of aromatic nitrogens is 2. The van der Waals surface area contributed by atoms with Crippen LogP contribution in [0.25, 0.3) is 0 Å². The lowest BCUT2D eigenvalue weighted by molar-refractivity contribution is 0.190.